The number of aromatic nitrogens is 1. The van der Waals surface area contributed by atoms with Crippen LogP contribution in [0.1, 0.15) is 12.0 Å². The molecule has 1 aromatic heterocycles. The van der Waals surface area contributed by atoms with Crippen LogP contribution >= 0.6 is 0 Å². The minimum atomic E-state index is -0.0993. The third kappa shape index (κ3) is 2.89. The molecule has 98 valence electrons. The minimum absolute atomic E-state index is 0.0993. The van der Waals surface area contributed by atoms with Gasteiger partial charge in [-0.1, -0.05) is 0 Å². The number of nitrogens with zero attached hydrogens (tertiary/aromatic N) is 3. The zero-order valence-electron chi connectivity index (χ0n) is 10.8. The molecular formula is C12H19N5O. The summed E-state index contributed by atoms with van der Waals surface area (Å²) in [6, 6.07) is 1.78. The molecule has 0 aromatic carbocycles. The van der Waals surface area contributed by atoms with Crippen LogP contribution in [0.25, 0.3) is 0 Å². The van der Waals surface area contributed by atoms with E-state index in [1.807, 2.05) is 20.2 Å². The molecule has 1 aromatic rings. The highest BCUT2D eigenvalue weighted by atomic mass is 16.2. The van der Waals surface area contributed by atoms with Gasteiger partial charge in [0.15, 0.2) is 0 Å². The van der Waals surface area contributed by atoms with Crippen molar-refractivity contribution in [2.24, 2.45) is 4.99 Å². The summed E-state index contributed by atoms with van der Waals surface area (Å²) in [5, 5.41) is 6.00. The maximum absolute atomic E-state index is 12.0. The number of carbonyl (C=O) groups excluding carboxylic acids is 1. The van der Waals surface area contributed by atoms with Gasteiger partial charge in [-0.05, 0) is 33.1 Å². The summed E-state index contributed by atoms with van der Waals surface area (Å²) in [6.45, 7) is 2.16. The van der Waals surface area contributed by atoms with Crippen molar-refractivity contribution in [1.82, 2.24) is 14.8 Å². The first kappa shape index (κ1) is 12.6. The Bertz CT molecular complexity index is 449. The van der Waals surface area contributed by atoms with Crippen molar-refractivity contribution >= 4 is 18.1 Å². The molecule has 6 heteroatoms. The summed E-state index contributed by atoms with van der Waals surface area (Å²) in [5.74, 6) is 0.815. The van der Waals surface area contributed by atoms with Crippen molar-refractivity contribution in [1.29, 1.82) is 0 Å². The van der Waals surface area contributed by atoms with Gasteiger partial charge >= 0.3 is 6.03 Å². The maximum atomic E-state index is 12.0. The molecule has 0 aliphatic carbocycles. The minimum Gasteiger partial charge on any atom is -0.351 e. The summed E-state index contributed by atoms with van der Waals surface area (Å²) in [7, 11) is 4.04. The molecule has 18 heavy (non-hydrogen) atoms. The Morgan fingerprint density at radius 2 is 2.44 bits per heavy atom. The van der Waals surface area contributed by atoms with Crippen molar-refractivity contribution in [3.05, 3.63) is 17.8 Å². The van der Waals surface area contributed by atoms with E-state index in [2.05, 4.69) is 20.5 Å². The first-order valence-corrected chi connectivity index (χ1v) is 6.06. The number of hydrogen-bond acceptors (Lipinski definition) is 4. The smallest absolute Gasteiger partial charge is 0.327 e. The normalized spacial score (nSPS) is 13.3. The number of nitrogens with one attached hydrogen (secondary N) is 2. The Morgan fingerprint density at radius 3 is 3.22 bits per heavy atom. The lowest BCUT2D eigenvalue weighted by Gasteiger charge is -2.14. The van der Waals surface area contributed by atoms with E-state index >= 15 is 0 Å². The zero-order chi connectivity index (χ0) is 13.0. The van der Waals surface area contributed by atoms with Crippen molar-refractivity contribution < 1.29 is 4.79 Å². The fourth-order valence-corrected chi connectivity index (χ4v) is 1.85. The lowest BCUT2D eigenvalue weighted by Crippen LogP contribution is -2.31. The molecule has 0 saturated carbocycles. The molecular weight excluding hydrogens is 230 g/mol. The Kier molecular flexibility index (Phi) is 3.99. The second-order valence-electron chi connectivity index (χ2n) is 4.53. The number of hydrogen-bond donors (Lipinski definition) is 2. The van der Waals surface area contributed by atoms with E-state index in [1.165, 1.54) is 0 Å². The molecule has 2 N–H and O–H groups in total. The van der Waals surface area contributed by atoms with Gasteiger partial charge in [0.2, 0.25) is 0 Å². The van der Waals surface area contributed by atoms with Gasteiger partial charge in [0, 0.05) is 24.5 Å². The van der Waals surface area contributed by atoms with Crippen LogP contribution in [0, 0.1) is 0 Å². The first-order valence-electron chi connectivity index (χ1n) is 6.06. The molecule has 2 heterocycles. The third-order valence-electron chi connectivity index (χ3n) is 2.76. The Hall–Kier alpha value is -1.82. The Balaban J connectivity index is 1.89. The molecule has 0 fully saturated rings. The molecule has 0 radical (unpaired) electrons. The quantitative estimate of drug-likeness (QED) is 0.776. The fourth-order valence-electron chi connectivity index (χ4n) is 1.85. The zero-order valence-corrected chi connectivity index (χ0v) is 10.8. The summed E-state index contributed by atoms with van der Waals surface area (Å²) in [5.41, 5.74) is 0.949. The van der Waals surface area contributed by atoms with Crippen LogP contribution in [0.3, 0.4) is 0 Å². The molecule has 0 spiro atoms. The molecule has 6 nitrogen and oxygen atoms in total. The summed E-state index contributed by atoms with van der Waals surface area (Å²) in [4.78, 5) is 18.2. The van der Waals surface area contributed by atoms with Crippen LogP contribution in [-0.2, 0) is 0 Å². The maximum Gasteiger partial charge on any atom is 0.327 e. The van der Waals surface area contributed by atoms with Crippen LogP contribution < -0.4 is 10.6 Å². The van der Waals surface area contributed by atoms with E-state index in [0.29, 0.717) is 13.2 Å². The molecule has 0 atom stereocenters. The van der Waals surface area contributed by atoms with Crippen molar-refractivity contribution in [2.75, 3.05) is 39.2 Å². The van der Waals surface area contributed by atoms with Crippen molar-refractivity contribution in [3.8, 4) is 0 Å². The Labute approximate surface area is 107 Å². The SMILES string of the molecule is CN(C)CCCNC(=O)n1ccc2c1NCN=C2. The Morgan fingerprint density at radius 1 is 1.61 bits per heavy atom. The molecule has 1 amide bonds. The third-order valence-corrected chi connectivity index (χ3v) is 2.76. The van der Waals surface area contributed by atoms with Gasteiger partial charge in [-0.3, -0.25) is 9.56 Å². The van der Waals surface area contributed by atoms with E-state index in [9.17, 15) is 4.79 Å². The molecule has 0 bridgehead atoms. The summed E-state index contributed by atoms with van der Waals surface area (Å²) < 4.78 is 1.59. The highest BCUT2D eigenvalue weighted by Crippen LogP contribution is 2.17. The number of amides is 1. The van der Waals surface area contributed by atoms with Crippen molar-refractivity contribution in [2.45, 2.75) is 6.42 Å². The highest BCUT2D eigenvalue weighted by molar-refractivity contribution is 5.93. The van der Waals surface area contributed by atoms with Gasteiger partial charge in [-0.15, -0.1) is 0 Å². The highest BCUT2D eigenvalue weighted by Gasteiger charge is 2.14. The number of rotatable bonds is 4. The van der Waals surface area contributed by atoms with Gasteiger partial charge in [-0.25, -0.2) is 4.79 Å². The molecule has 1 aliphatic rings. The predicted octanol–water partition coefficient (Wildman–Crippen LogP) is 0.799. The van der Waals surface area contributed by atoms with Crippen LogP contribution in [0.5, 0.6) is 0 Å². The number of carbonyl (C=O) groups is 1. The second-order valence-corrected chi connectivity index (χ2v) is 4.53. The number of aliphatic imine (C=N–C) groups is 1. The molecule has 2 rings (SSSR count). The summed E-state index contributed by atoms with van der Waals surface area (Å²) in [6.07, 6.45) is 4.48. The van der Waals surface area contributed by atoms with E-state index in [4.69, 9.17) is 0 Å². The van der Waals surface area contributed by atoms with Gasteiger partial charge in [0.1, 0.15) is 12.5 Å². The van der Waals surface area contributed by atoms with Crippen LogP contribution in [0.15, 0.2) is 17.3 Å². The lowest BCUT2D eigenvalue weighted by atomic mass is 10.3. The standard InChI is InChI=1S/C12H19N5O/c1-16(2)6-3-5-14-12(18)17-7-4-10-8-13-9-15-11(10)17/h4,7-8,15H,3,5-6,9H2,1-2H3,(H,14,18). The molecule has 1 aliphatic heterocycles. The fraction of sp³-hybridized carbons (Fsp3) is 0.500. The summed E-state index contributed by atoms with van der Waals surface area (Å²) >= 11 is 0. The number of anilines is 1. The average Bonchev–Trinajstić information content (AvgIpc) is 2.78. The van der Waals surface area contributed by atoms with Gasteiger partial charge in [0.05, 0.1) is 0 Å². The largest absolute Gasteiger partial charge is 0.351 e. The van der Waals surface area contributed by atoms with E-state index in [-0.39, 0.29) is 6.03 Å². The van der Waals surface area contributed by atoms with Gasteiger partial charge < -0.3 is 15.5 Å². The monoisotopic (exact) mass is 249 g/mol. The van der Waals surface area contributed by atoms with E-state index < -0.39 is 0 Å². The first-order chi connectivity index (χ1) is 8.68. The molecule has 0 unspecified atom stereocenters. The van der Waals surface area contributed by atoms with Gasteiger partial charge in [-0.2, -0.15) is 0 Å². The van der Waals surface area contributed by atoms with Crippen LogP contribution in [0.2, 0.25) is 0 Å². The van der Waals surface area contributed by atoms with Crippen LogP contribution in [-0.4, -0.2) is 55.6 Å². The molecule has 0 saturated heterocycles. The van der Waals surface area contributed by atoms with Crippen molar-refractivity contribution in [3.63, 3.8) is 0 Å². The number of fused-ring (bicyclic) bond motifs is 1. The topological polar surface area (TPSA) is 61.7 Å². The van der Waals surface area contributed by atoms with E-state index in [0.717, 1.165) is 24.3 Å². The van der Waals surface area contributed by atoms with Gasteiger partial charge in [0.25, 0.3) is 0 Å². The predicted molar refractivity (Wildman–Crippen MR) is 72.5 cm³/mol. The van der Waals surface area contributed by atoms with E-state index in [1.54, 1.807) is 17.0 Å². The second kappa shape index (κ2) is 5.68. The van der Waals surface area contributed by atoms with Crippen LogP contribution in [0.4, 0.5) is 10.6 Å². The lowest BCUT2D eigenvalue weighted by molar-refractivity contribution is 0.242. The average molecular weight is 249 g/mol.